The number of ether oxygens (including phenoxy) is 1. The molecule has 0 amide bonds. The Balaban J connectivity index is 2.18. The van der Waals surface area contributed by atoms with Crippen LogP contribution in [0.25, 0.3) is 0 Å². The van der Waals surface area contributed by atoms with E-state index in [1.165, 1.54) is 12.1 Å². The minimum atomic E-state index is -0.873. The lowest BCUT2D eigenvalue weighted by Crippen LogP contribution is -2.46. The van der Waals surface area contributed by atoms with Crippen LogP contribution in [0.4, 0.5) is 10.1 Å². The second-order valence-electron chi connectivity index (χ2n) is 4.00. The number of anilines is 1. The van der Waals surface area contributed by atoms with Gasteiger partial charge < -0.3 is 14.7 Å². The molecular formula is C12H14FNO3. The summed E-state index contributed by atoms with van der Waals surface area (Å²) in [4.78, 5) is 12.6. The Kier molecular flexibility index (Phi) is 3.58. The van der Waals surface area contributed by atoms with Gasteiger partial charge >= 0.3 is 5.97 Å². The van der Waals surface area contributed by atoms with Gasteiger partial charge in [-0.15, -0.1) is 0 Å². The number of nitrogens with zero attached hydrogens (tertiary/aromatic N) is 1. The Labute approximate surface area is 98.6 Å². The van der Waals surface area contributed by atoms with E-state index in [1.807, 2.05) is 4.90 Å². The SMILES string of the molecule is O=C(O)CC1COCCN1c1cccc(F)c1. The van der Waals surface area contributed by atoms with Crippen LogP contribution in [0, 0.1) is 5.82 Å². The van der Waals surface area contributed by atoms with E-state index in [0.29, 0.717) is 25.4 Å². The maximum absolute atomic E-state index is 13.1. The fourth-order valence-corrected chi connectivity index (χ4v) is 2.02. The molecule has 0 spiro atoms. The highest BCUT2D eigenvalue weighted by Crippen LogP contribution is 2.22. The number of carbonyl (C=O) groups is 1. The largest absolute Gasteiger partial charge is 0.481 e. The zero-order valence-electron chi connectivity index (χ0n) is 9.30. The first-order chi connectivity index (χ1) is 8.16. The molecule has 1 aromatic carbocycles. The van der Waals surface area contributed by atoms with Crippen molar-refractivity contribution in [2.75, 3.05) is 24.7 Å². The Morgan fingerprint density at radius 1 is 1.59 bits per heavy atom. The number of hydrogen-bond donors (Lipinski definition) is 1. The van der Waals surface area contributed by atoms with Crippen LogP contribution < -0.4 is 4.90 Å². The van der Waals surface area contributed by atoms with Gasteiger partial charge in [-0.1, -0.05) is 6.07 Å². The molecule has 1 saturated heterocycles. The van der Waals surface area contributed by atoms with Gasteiger partial charge in [-0.25, -0.2) is 4.39 Å². The summed E-state index contributed by atoms with van der Waals surface area (Å²) in [5, 5.41) is 8.83. The summed E-state index contributed by atoms with van der Waals surface area (Å²) in [7, 11) is 0. The second kappa shape index (κ2) is 5.14. The van der Waals surface area contributed by atoms with Gasteiger partial charge in [-0.3, -0.25) is 4.79 Å². The molecule has 1 aliphatic rings. The molecule has 0 radical (unpaired) electrons. The Morgan fingerprint density at radius 2 is 2.41 bits per heavy atom. The molecule has 0 aromatic heterocycles. The van der Waals surface area contributed by atoms with Crippen molar-refractivity contribution in [3.63, 3.8) is 0 Å². The molecular weight excluding hydrogens is 225 g/mol. The van der Waals surface area contributed by atoms with Crippen LogP contribution in [0.5, 0.6) is 0 Å². The third-order valence-corrected chi connectivity index (χ3v) is 2.78. The van der Waals surface area contributed by atoms with Gasteiger partial charge in [0.25, 0.3) is 0 Å². The third-order valence-electron chi connectivity index (χ3n) is 2.78. The molecule has 1 aliphatic heterocycles. The number of aliphatic carboxylic acids is 1. The van der Waals surface area contributed by atoms with Gasteiger partial charge in [0.15, 0.2) is 0 Å². The lowest BCUT2D eigenvalue weighted by Gasteiger charge is -2.36. The zero-order chi connectivity index (χ0) is 12.3. The summed E-state index contributed by atoms with van der Waals surface area (Å²) in [6.07, 6.45) is -0.00346. The summed E-state index contributed by atoms with van der Waals surface area (Å²) in [6.45, 7) is 1.48. The third kappa shape index (κ3) is 2.94. The second-order valence-corrected chi connectivity index (χ2v) is 4.00. The highest BCUT2D eigenvalue weighted by atomic mass is 19.1. The van der Waals surface area contributed by atoms with E-state index in [1.54, 1.807) is 12.1 Å². The van der Waals surface area contributed by atoms with Gasteiger partial charge in [0.1, 0.15) is 5.82 Å². The number of carboxylic acid groups (broad SMARTS) is 1. The van der Waals surface area contributed by atoms with Crippen molar-refractivity contribution >= 4 is 11.7 Å². The molecule has 0 saturated carbocycles. The van der Waals surface area contributed by atoms with Crippen molar-refractivity contribution in [2.24, 2.45) is 0 Å². The van der Waals surface area contributed by atoms with E-state index >= 15 is 0 Å². The highest BCUT2D eigenvalue weighted by molar-refractivity contribution is 5.68. The number of halogens is 1. The summed E-state index contributed by atoms with van der Waals surface area (Å²) in [6, 6.07) is 5.96. The van der Waals surface area contributed by atoms with Gasteiger partial charge in [-0.2, -0.15) is 0 Å². The van der Waals surface area contributed by atoms with Crippen LogP contribution in [-0.4, -0.2) is 36.9 Å². The maximum atomic E-state index is 13.1. The van der Waals surface area contributed by atoms with E-state index < -0.39 is 5.97 Å². The van der Waals surface area contributed by atoms with Gasteiger partial charge in [0.05, 0.1) is 25.7 Å². The quantitative estimate of drug-likeness (QED) is 0.868. The lowest BCUT2D eigenvalue weighted by atomic mass is 10.1. The van der Waals surface area contributed by atoms with Crippen LogP contribution >= 0.6 is 0 Å². The van der Waals surface area contributed by atoms with Crippen molar-refractivity contribution in [1.29, 1.82) is 0 Å². The van der Waals surface area contributed by atoms with E-state index in [4.69, 9.17) is 9.84 Å². The van der Waals surface area contributed by atoms with Crippen molar-refractivity contribution < 1.29 is 19.0 Å². The molecule has 92 valence electrons. The summed E-state index contributed by atoms with van der Waals surface area (Å²) >= 11 is 0. The van der Waals surface area contributed by atoms with Gasteiger partial charge in [0.2, 0.25) is 0 Å². The average molecular weight is 239 g/mol. The smallest absolute Gasteiger partial charge is 0.305 e. The Morgan fingerprint density at radius 3 is 3.12 bits per heavy atom. The highest BCUT2D eigenvalue weighted by Gasteiger charge is 2.25. The van der Waals surface area contributed by atoms with E-state index in [2.05, 4.69) is 0 Å². The lowest BCUT2D eigenvalue weighted by molar-refractivity contribution is -0.138. The Bertz CT molecular complexity index is 410. The minimum Gasteiger partial charge on any atom is -0.481 e. The fourth-order valence-electron chi connectivity index (χ4n) is 2.02. The predicted molar refractivity (Wildman–Crippen MR) is 60.6 cm³/mol. The molecule has 1 heterocycles. The first kappa shape index (κ1) is 11.9. The van der Waals surface area contributed by atoms with Crippen molar-refractivity contribution in [3.8, 4) is 0 Å². The fraction of sp³-hybridized carbons (Fsp3) is 0.417. The summed E-state index contributed by atoms with van der Waals surface area (Å²) < 4.78 is 18.4. The minimum absolute atomic E-state index is 0.00346. The number of morpholine rings is 1. The molecule has 0 aliphatic carbocycles. The molecule has 1 atom stereocenters. The van der Waals surface area contributed by atoms with Crippen molar-refractivity contribution in [1.82, 2.24) is 0 Å². The van der Waals surface area contributed by atoms with E-state index in [-0.39, 0.29) is 18.3 Å². The number of carboxylic acids is 1. The molecule has 1 N–H and O–H groups in total. The number of benzene rings is 1. The maximum Gasteiger partial charge on any atom is 0.305 e. The molecule has 17 heavy (non-hydrogen) atoms. The van der Waals surface area contributed by atoms with E-state index in [0.717, 1.165) is 0 Å². The molecule has 4 nitrogen and oxygen atoms in total. The number of hydrogen-bond acceptors (Lipinski definition) is 3. The number of rotatable bonds is 3. The first-order valence-corrected chi connectivity index (χ1v) is 5.48. The van der Waals surface area contributed by atoms with Crippen LogP contribution in [0.15, 0.2) is 24.3 Å². The molecule has 2 rings (SSSR count). The van der Waals surface area contributed by atoms with Crippen molar-refractivity contribution in [3.05, 3.63) is 30.1 Å². The Hall–Kier alpha value is -1.62. The van der Waals surface area contributed by atoms with Gasteiger partial charge in [0, 0.05) is 12.2 Å². The summed E-state index contributed by atoms with van der Waals surface area (Å²) in [5.74, 6) is -1.19. The normalized spacial score (nSPS) is 20.3. The van der Waals surface area contributed by atoms with Crippen LogP contribution in [0.1, 0.15) is 6.42 Å². The monoisotopic (exact) mass is 239 g/mol. The molecule has 0 bridgehead atoms. The predicted octanol–water partition coefficient (Wildman–Crippen LogP) is 1.51. The molecule has 5 heteroatoms. The first-order valence-electron chi connectivity index (χ1n) is 5.48. The van der Waals surface area contributed by atoms with Crippen LogP contribution in [-0.2, 0) is 9.53 Å². The molecule has 1 fully saturated rings. The summed E-state index contributed by atoms with van der Waals surface area (Å²) in [5.41, 5.74) is 0.708. The van der Waals surface area contributed by atoms with Gasteiger partial charge in [-0.05, 0) is 18.2 Å². The molecule has 1 unspecified atom stereocenters. The van der Waals surface area contributed by atoms with Crippen molar-refractivity contribution in [2.45, 2.75) is 12.5 Å². The van der Waals surface area contributed by atoms with E-state index in [9.17, 15) is 9.18 Å². The topological polar surface area (TPSA) is 49.8 Å². The van der Waals surface area contributed by atoms with Crippen LogP contribution in [0.3, 0.4) is 0 Å². The zero-order valence-corrected chi connectivity index (χ0v) is 9.30. The standard InChI is InChI=1S/C12H14FNO3/c13-9-2-1-3-10(6-9)14-4-5-17-8-11(14)7-12(15)16/h1-3,6,11H,4-5,7-8H2,(H,15,16). The molecule has 1 aromatic rings. The van der Waals surface area contributed by atoms with Crippen LogP contribution in [0.2, 0.25) is 0 Å². The average Bonchev–Trinajstić information content (AvgIpc) is 2.29.